The van der Waals surface area contributed by atoms with Gasteiger partial charge in [0.05, 0.1) is 6.04 Å². The number of carbonyl (C=O) groups is 2. The van der Waals surface area contributed by atoms with E-state index in [2.05, 4.69) is 5.32 Å². The molecule has 1 aromatic rings. The molecule has 0 radical (unpaired) electrons. The lowest BCUT2D eigenvalue weighted by molar-refractivity contribution is -0.222. The molecule has 4 rings (SSSR count). The van der Waals surface area contributed by atoms with Crippen LogP contribution in [0, 0.1) is 0 Å². The minimum atomic E-state index is -1.02. The number of ether oxygens (including phenoxy) is 4. The number of amides is 2. The van der Waals surface area contributed by atoms with E-state index < -0.39 is 48.6 Å². The van der Waals surface area contributed by atoms with Crippen LogP contribution in [0.15, 0.2) is 30.3 Å². The zero-order valence-corrected chi connectivity index (χ0v) is 16.6. The quantitative estimate of drug-likeness (QED) is 0.763. The van der Waals surface area contributed by atoms with Gasteiger partial charge in [-0.15, -0.1) is 0 Å². The van der Waals surface area contributed by atoms with Crippen molar-refractivity contribution >= 4 is 12.0 Å². The summed E-state index contributed by atoms with van der Waals surface area (Å²) in [6.07, 6.45) is -3.84. The van der Waals surface area contributed by atoms with Crippen LogP contribution in [0.25, 0.3) is 0 Å². The number of carbonyl (C=O) groups excluding carboxylic acids is 2. The van der Waals surface area contributed by atoms with Crippen molar-refractivity contribution in [1.29, 1.82) is 0 Å². The molecule has 29 heavy (non-hydrogen) atoms. The molecule has 0 saturated carbocycles. The number of nitrogens with one attached hydrogen (secondary N) is 1. The Kier molecular flexibility index (Phi) is 5.24. The van der Waals surface area contributed by atoms with Crippen molar-refractivity contribution in [2.45, 2.75) is 69.9 Å². The first-order chi connectivity index (χ1) is 13.8. The molecule has 6 atom stereocenters. The molecule has 0 aliphatic carbocycles. The second kappa shape index (κ2) is 7.56. The highest BCUT2D eigenvalue weighted by Crippen LogP contribution is 2.39. The maximum atomic E-state index is 12.9. The van der Waals surface area contributed by atoms with Gasteiger partial charge in [-0.05, 0) is 26.3 Å². The van der Waals surface area contributed by atoms with Gasteiger partial charge in [0.2, 0.25) is 5.91 Å². The van der Waals surface area contributed by atoms with Crippen molar-refractivity contribution in [3.63, 3.8) is 0 Å². The van der Waals surface area contributed by atoms with Gasteiger partial charge in [-0.2, -0.15) is 0 Å². The summed E-state index contributed by atoms with van der Waals surface area (Å²) in [5.74, 6) is -1.15. The summed E-state index contributed by atoms with van der Waals surface area (Å²) >= 11 is 0. The van der Waals surface area contributed by atoms with E-state index in [-0.39, 0.29) is 19.1 Å². The fourth-order valence-corrected chi connectivity index (χ4v) is 4.06. The van der Waals surface area contributed by atoms with Gasteiger partial charge in [-0.1, -0.05) is 30.3 Å². The number of hydrogen-bond donors (Lipinski definition) is 2. The van der Waals surface area contributed by atoms with Crippen LogP contribution >= 0.6 is 0 Å². The van der Waals surface area contributed by atoms with Gasteiger partial charge in [0.15, 0.2) is 12.1 Å². The molecular weight excluding hydrogens is 380 g/mol. The van der Waals surface area contributed by atoms with Crippen LogP contribution in [0.5, 0.6) is 0 Å². The van der Waals surface area contributed by atoms with E-state index in [0.717, 1.165) is 5.56 Å². The highest BCUT2D eigenvalue weighted by Gasteiger charge is 2.58. The van der Waals surface area contributed by atoms with E-state index in [0.29, 0.717) is 0 Å². The maximum Gasteiger partial charge on any atom is 0.411 e. The molecule has 3 fully saturated rings. The Bertz CT molecular complexity index is 771. The standard InChI is InChI=1S/C20H26N2O7/c1-11-17(24)21-9-13(15-14(23)16-18(27-15)29-20(2,3)28-16)22(11)19(25)26-10-12-7-5-4-6-8-12/h4-8,11,13-16,18,23H,9-10H2,1-3H3,(H,21,24)/t11-,13-,14-,15+,16+,18+/m0/s1. The predicted molar refractivity (Wildman–Crippen MR) is 99.4 cm³/mol. The summed E-state index contributed by atoms with van der Waals surface area (Å²) in [5.41, 5.74) is 0.835. The van der Waals surface area contributed by atoms with Crippen molar-refractivity contribution < 1.29 is 33.6 Å². The van der Waals surface area contributed by atoms with Gasteiger partial charge in [0.1, 0.15) is 31.0 Å². The van der Waals surface area contributed by atoms with Crippen LogP contribution in [-0.2, 0) is 30.3 Å². The van der Waals surface area contributed by atoms with E-state index >= 15 is 0 Å². The lowest BCUT2D eigenvalue weighted by atomic mass is 9.98. The lowest BCUT2D eigenvalue weighted by Crippen LogP contribution is -2.66. The van der Waals surface area contributed by atoms with E-state index in [9.17, 15) is 14.7 Å². The van der Waals surface area contributed by atoms with Crippen LogP contribution in [0.1, 0.15) is 26.3 Å². The van der Waals surface area contributed by atoms with Gasteiger partial charge in [-0.25, -0.2) is 4.79 Å². The summed E-state index contributed by atoms with van der Waals surface area (Å²) in [6.45, 7) is 5.31. The fraction of sp³-hybridized carbons (Fsp3) is 0.600. The molecule has 0 unspecified atom stereocenters. The third-order valence-electron chi connectivity index (χ3n) is 5.49. The molecule has 158 valence electrons. The molecule has 9 nitrogen and oxygen atoms in total. The second-order valence-corrected chi connectivity index (χ2v) is 8.00. The van der Waals surface area contributed by atoms with Crippen LogP contribution in [-0.4, -0.2) is 71.0 Å². The van der Waals surface area contributed by atoms with Crippen LogP contribution < -0.4 is 5.32 Å². The fourth-order valence-electron chi connectivity index (χ4n) is 4.06. The topological polar surface area (TPSA) is 107 Å². The Morgan fingerprint density at radius 3 is 2.69 bits per heavy atom. The van der Waals surface area contributed by atoms with Crippen molar-refractivity contribution in [2.24, 2.45) is 0 Å². The molecule has 3 aliphatic heterocycles. The van der Waals surface area contributed by atoms with Gasteiger partial charge in [0, 0.05) is 6.54 Å². The molecule has 0 spiro atoms. The average Bonchev–Trinajstić information content (AvgIpc) is 3.15. The van der Waals surface area contributed by atoms with Gasteiger partial charge in [-0.3, -0.25) is 9.69 Å². The minimum absolute atomic E-state index is 0.0803. The summed E-state index contributed by atoms with van der Waals surface area (Å²) < 4.78 is 22.8. The number of nitrogens with zero attached hydrogens (tertiary/aromatic N) is 1. The zero-order chi connectivity index (χ0) is 20.8. The third-order valence-corrected chi connectivity index (χ3v) is 5.49. The Labute approximate surface area is 168 Å². The minimum Gasteiger partial charge on any atom is -0.445 e. The molecule has 3 heterocycles. The SMILES string of the molecule is C[C@H]1C(=O)NC[C@@H]([C@H]2O[C@@H]3OC(C)(C)O[C@@H]3[C@H]2O)N1C(=O)OCc1ccccc1. The van der Waals surface area contributed by atoms with Crippen LogP contribution in [0.4, 0.5) is 4.79 Å². The summed E-state index contributed by atoms with van der Waals surface area (Å²) in [7, 11) is 0. The third kappa shape index (κ3) is 3.83. The Morgan fingerprint density at radius 1 is 1.28 bits per heavy atom. The molecule has 3 saturated heterocycles. The van der Waals surface area contributed by atoms with E-state index in [1.165, 1.54) is 4.90 Å². The van der Waals surface area contributed by atoms with Gasteiger partial charge in [0.25, 0.3) is 0 Å². The molecule has 2 amide bonds. The van der Waals surface area contributed by atoms with E-state index in [4.69, 9.17) is 18.9 Å². The molecule has 9 heteroatoms. The Morgan fingerprint density at radius 2 is 2.00 bits per heavy atom. The summed E-state index contributed by atoms with van der Waals surface area (Å²) in [5, 5.41) is 13.5. The number of fused-ring (bicyclic) bond motifs is 1. The Balaban J connectivity index is 1.49. The number of piperazine rings is 1. The van der Waals surface area contributed by atoms with Crippen LogP contribution in [0.2, 0.25) is 0 Å². The van der Waals surface area contributed by atoms with Gasteiger partial charge >= 0.3 is 6.09 Å². The molecule has 0 aromatic heterocycles. The number of aliphatic hydroxyl groups is 1. The summed E-state index contributed by atoms with van der Waals surface area (Å²) in [4.78, 5) is 26.4. The molecule has 3 aliphatic rings. The average molecular weight is 406 g/mol. The van der Waals surface area contributed by atoms with Crippen molar-refractivity contribution in [3.8, 4) is 0 Å². The van der Waals surface area contributed by atoms with Crippen molar-refractivity contribution in [2.75, 3.05) is 6.54 Å². The molecule has 2 N–H and O–H groups in total. The van der Waals surface area contributed by atoms with Gasteiger partial charge < -0.3 is 29.4 Å². The number of hydrogen-bond acceptors (Lipinski definition) is 7. The van der Waals surface area contributed by atoms with E-state index in [1.54, 1.807) is 20.8 Å². The van der Waals surface area contributed by atoms with Crippen molar-refractivity contribution in [1.82, 2.24) is 10.2 Å². The zero-order valence-electron chi connectivity index (χ0n) is 16.6. The van der Waals surface area contributed by atoms with Crippen molar-refractivity contribution in [3.05, 3.63) is 35.9 Å². The summed E-state index contributed by atoms with van der Waals surface area (Å²) in [6, 6.07) is 7.88. The highest BCUT2D eigenvalue weighted by molar-refractivity contribution is 5.86. The monoisotopic (exact) mass is 406 g/mol. The predicted octanol–water partition coefficient (Wildman–Crippen LogP) is 0.749. The maximum absolute atomic E-state index is 12.9. The number of rotatable bonds is 3. The molecule has 0 bridgehead atoms. The molecule has 1 aromatic carbocycles. The first-order valence-corrected chi connectivity index (χ1v) is 9.73. The molecular formula is C20H26N2O7. The number of benzene rings is 1. The first-order valence-electron chi connectivity index (χ1n) is 9.73. The highest BCUT2D eigenvalue weighted by atomic mass is 16.8. The van der Waals surface area contributed by atoms with Crippen LogP contribution in [0.3, 0.4) is 0 Å². The van der Waals surface area contributed by atoms with E-state index in [1.807, 2.05) is 30.3 Å². The smallest absolute Gasteiger partial charge is 0.411 e. The lowest BCUT2D eigenvalue weighted by Gasteiger charge is -2.42. The Hall–Kier alpha value is -2.20. The largest absolute Gasteiger partial charge is 0.445 e. The second-order valence-electron chi connectivity index (χ2n) is 8.00. The normalized spacial score (nSPS) is 35.9. The number of aliphatic hydroxyl groups excluding tert-OH is 1. The first kappa shape index (κ1) is 20.1.